The molecule has 4 heteroatoms. The lowest BCUT2D eigenvalue weighted by Gasteiger charge is -2.16. The topological polar surface area (TPSA) is 35.2 Å². The molecular weight excluding hydrogens is 277 g/mol. The van der Waals surface area contributed by atoms with Gasteiger partial charge < -0.3 is 10.5 Å². The summed E-state index contributed by atoms with van der Waals surface area (Å²) in [5.41, 5.74) is 6.41. The molecule has 0 heterocycles. The van der Waals surface area contributed by atoms with Crippen LogP contribution >= 0.6 is 11.6 Å². The zero-order chi connectivity index (χ0) is 14.5. The Kier molecular flexibility index (Phi) is 4.99. The average molecular weight is 294 g/mol. The molecule has 0 radical (unpaired) electrons. The number of halogens is 2. The fraction of sp³-hybridized carbons (Fsp3) is 0.250. The highest BCUT2D eigenvalue weighted by Gasteiger charge is 2.18. The smallest absolute Gasteiger partial charge is 0.181 e. The Bertz CT molecular complexity index is 574. The van der Waals surface area contributed by atoms with Crippen molar-refractivity contribution in [1.82, 2.24) is 0 Å². The van der Waals surface area contributed by atoms with E-state index >= 15 is 0 Å². The van der Waals surface area contributed by atoms with E-state index in [2.05, 4.69) is 0 Å². The third-order valence-electron chi connectivity index (χ3n) is 3.04. The van der Waals surface area contributed by atoms with Crippen LogP contribution in [0, 0.1) is 5.82 Å². The third kappa shape index (κ3) is 3.30. The summed E-state index contributed by atoms with van der Waals surface area (Å²) < 4.78 is 20.0. The summed E-state index contributed by atoms with van der Waals surface area (Å²) in [6.07, 6.45) is 1.60. The number of para-hydroxylation sites is 1. The fourth-order valence-electron chi connectivity index (χ4n) is 2.00. The van der Waals surface area contributed by atoms with Gasteiger partial charge in [0.1, 0.15) is 5.75 Å². The summed E-state index contributed by atoms with van der Waals surface area (Å²) in [4.78, 5) is 0. The molecule has 0 amide bonds. The molecule has 0 aliphatic carbocycles. The van der Waals surface area contributed by atoms with Gasteiger partial charge in [0.15, 0.2) is 11.6 Å². The zero-order valence-electron chi connectivity index (χ0n) is 11.3. The van der Waals surface area contributed by atoms with Crippen molar-refractivity contribution in [1.29, 1.82) is 0 Å². The van der Waals surface area contributed by atoms with E-state index < -0.39 is 5.82 Å². The van der Waals surface area contributed by atoms with Gasteiger partial charge in [-0.15, -0.1) is 0 Å². The number of ether oxygens (including phenoxy) is 1. The molecule has 0 saturated carbocycles. The molecule has 0 aliphatic heterocycles. The lowest BCUT2D eigenvalue weighted by molar-refractivity contribution is 0.433. The molecule has 0 fully saturated rings. The largest absolute Gasteiger partial charge is 0.453 e. The monoisotopic (exact) mass is 293 g/mol. The molecule has 106 valence electrons. The lowest BCUT2D eigenvalue weighted by Crippen LogP contribution is -2.12. The molecule has 2 aromatic rings. The van der Waals surface area contributed by atoms with Crippen LogP contribution in [0.15, 0.2) is 42.5 Å². The normalized spacial score (nSPS) is 12.2. The van der Waals surface area contributed by atoms with Crippen molar-refractivity contribution in [3.63, 3.8) is 0 Å². The molecule has 2 aromatic carbocycles. The first-order chi connectivity index (χ1) is 9.63. The first kappa shape index (κ1) is 14.8. The van der Waals surface area contributed by atoms with E-state index in [1.54, 1.807) is 24.3 Å². The van der Waals surface area contributed by atoms with Crippen molar-refractivity contribution in [3.05, 3.63) is 58.9 Å². The predicted molar refractivity (Wildman–Crippen MR) is 79.8 cm³/mol. The van der Waals surface area contributed by atoms with Crippen LogP contribution in [0.3, 0.4) is 0 Å². The van der Waals surface area contributed by atoms with Gasteiger partial charge in [-0.2, -0.15) is 0 Å². The summed E-state index contributed by atoms with van der Waals surface area (Å²) in [7, 11) is 0. The van der Waals surface area contributed by atoms with E-state index in [1.807, 2.05) is 25.1 Å². The summed E-state index contributed by atoms with van der Waals surface area (Å²) in [6.45, 7) is 2.01. The molecular formula is C16H17ClFNO. The number of rotatable bonds is 5. The standard InChI is InChI=1S/C16H17ClFNO/c1-2-6-14(19)12-9-10-13(17)16(15(12)18)20-11-7-4-3-5-8-11/h3-5,7-10,14H,2,6,19H2,1H3/t14-/m0/s1. The number of benzene rings is 2. The maximum absolute atomic E-state index is 14.5. The van der Waals surface area contributed by atoms with Crippen molar-refractivity contribution in [3.8, 4) is 11.5 Å². The predicted octanol–water partition coefficient (Wildman–Crippen LogP) is 5.07. The SMILES string of the molecule is CCC[C@H](N)c1ccc(Cl)c(Oc2ccccc2)c1F. The molecule has 2 nitrogen and oxygen atoms in total. The molecule has 2 rings (SSSR count). The van der Waals surface area contributed by atoms with E-state index in [0.717, 1.165) is 6.42 Å². The second-order valence-electron chi connectivity index (χ2n) is 4.59. The molecule has 0 unspecified atom stereocenters. The van der Waals surface area contributed by atoms with Crippen molar-refractivity contribution in [2.24, 2.45) is 5.73 Å². The highest BCUT2D eigenvalue weighted by Crippen LogP contribution is 2.36. The number of hydrogen-bond donors (Lipinski definition) is 1. The van der Waals surface area contributed by atoms with Gasteiger partial charge in [-0.25, -0.2) is 4.39 Å². The summed E-state index contributed by atoms with van der Waals surface area (Å²) in [5, 5.41) is 0.235. The fourth-order valence-corrected chi connectivity index (χ4v) is 2.19. The van der Waals surface area contributed by atoms with E-state index in [-0.39, 0.29) is 16.8 Å². The first-order valence-corrected chi connectivity index (χ1v) is 6.97. The van der Waals surface area contributed by atoms with Gasteiger partial charge in [0.2, 0.25) is 0 Å². The third-order valence-corrected chi connectivity index (χ3v) is 3.34. The van der Waals surface area contributed by atoms with Crippen LogP contribution in [0.4, 0.5) is 4.39 Å². The van der Waals surface area contributed by atoms with Crippen molar-refractivity contribution >= 4 is 11.6 Å². The molecule has 0 bridgehead atoms. The Morgan fingerprint density at radius 1 is 1.20 bits per heavy atom. The zero-order valence-corrected chi connectivity index (χ0v) is 12.0. The van der Waals surface area contributed by atoms with Crippen molar-refractivity contribution in [2.45, 2.75) is 25.8 Å². The van der Waals surface area contributed by atoms with Crippen LogP contribution in [0.5, 0.6) is 11.5 Å². The number of nitrogens with two attached hydrogens (primary N) is 1. The van der Waals surface area contributed by atoms with E-state index in [9.17, 15) is 4.39 Å². The van der Waals surface area contributed by atoms with Crippen LogP contribution < -0.4 is 10.5 Å². The second kappa shape index (κ2) is 6.73. The quantitative estimate of drug-likeness (QED) is 0.835. The van der Waals surface area contributed by atoms with Crippen LogP contribution in [0.2, 0.25) is 5.02 Å². The molecule has 0 saturated heterocycles. The van der Waals surface area contributed by atoms with Crippen LogP contribution in [-0.2, 0) is 0 Å². The summed E-state index contributed by atoms with van der Waals surface area (Å²) in [5.74, 6) is 0.0822. The van der Waals surface area contributed by atoms with Crippen LogP contribution in [-0.4, -0.2) is 0 Å². The Morgan fingerprint density at radius 3 is 2.55 bits per heavy atom. The van der Waals surface area contributed by atoms with Gasteiger partial charge in [0.05, 0.1) is 5.02 Å². The Morgan fingerprint density at radius 2 is 1.90 bits per heavy atom. The van der Waals surface area contributed by atoms with Gasteiger partial charge >= 0.3 is 0 Å². The Labute approximate surface area is 123 Å². The van der Waals surface area contributed by atoms with Crippen molar-refractivity contribution < 1.29 is 9.13 Å². The van der Waals surface area contributed by atoms with Gasteiger partial charge in [-0.3, -0.25) is 0 Å². The Hall–Kier alpha value is -1.58. The van der Waals surface area contributed by atoms with Crippen molar-refractivity contribution in [2.75, 3.05) is 0 Å². The van der Waals surface area contributed by atoms with E-state index in [4.69, 9.17) is 22.1 Å². The molecule has 0 spiro atoms. The molecule has 0 aromatic heterocycles. The lowest BCUT2D eigenvalue weighted by atomic mass is 10.0. The highest BCUT2D eigenvalue weighted by atomic mass is 35.5. The van der Waals surface area contributed by atoms with Crippen LogP contribution in [0.1, 0.15) is 31.4 Å². The molecule has 2 N–H and O–H groups in total. The minimum Gasteiger partial charge on any atom is -0.453 e. The van der Waals surface area contributed by atoms with Gasteiger partial charge in [0.25, 0.3) is 0 Å². The molecule has 20 heavy (non-hydrogen) atoms. The van der Waals surface area contributed by atoms with E-state index in [0.29, 0.717) is 17.7 Å². The minimum absolute atomic E-state index is 0.0296. The first-order valence-electron chi connectivity index (χ1n) is 6.59. The molecule has 1 atom stereocenters. The van der Waals surface area contributed by atoms with Gasteiger partial charge in [0, 0.05) is 11.6 Å². The summed E-state index contributed by atoms with van der Waals surface area (Å²) in [6, 6.07) is 11.9. The van der Waals surface area contributed by atoms with E-state index in [1.165, 1.54) is 0 Å². The Balaban J connectivity index is 2.35. The maximum Gasteiger partial charge on any atom is 0.181 e. The highest BCUT2D eigenvalue weighted by molar-refractivity contribution is 6.32. The van der Waals surface area contributed by atoms with Gasteiger partial charge in [-0.05, 0) is 24.6 Å². The maximum atomic E-state index is 14.5. The van der Waals surface area contributed by atoms with Gasteiger partial charge in [-0.1, -0.05) is 49.2 Å². The summed E-state index contributed by atoms with van der Waals surface area (Å²) >= 11 is 6.03. The second-order valence-corrected chi connectivity index (χ2v) is 5.00. The minimum atomic E-state index is -0.484. The van der Waals surface area contributed by atoms with Crippen LogP contribution in [0.25, 0.3) is 0 Å². The average Bonchev–Trinajstić information content (AvgIpc) is 2.45. The number of hydrogen-bond acceptors (Lipinski definition) is 2. The molecule has 0 aliphatic rings.